The summed E-state index contributed by atoms with van der Waals surface area (Å²) in [5.41, 5.74) is 9.82. The molecule has 7 heteroatoms. The van der Waals surface area contributed by atoms with Gasteiger partial charge >= 0.3 is 6.18 Å². The van der Waals surface area contributed by atoms with Crippen LogP contribution in [0.25, 0.3) is 0 Å². The van der Waals surface area contributed by atoms with Crippen LogP contribution in [-0.4, -0.2) is 41.7 Å². The van der Waals surface area contributed by atoms with Gasteiger partial charge in [-0.2, -0.15) is 13.2 Å². The number of nitrogens with zero attached hydrogens (tertiary/aromatic N) is 1. The molecule has 1 aliphatic rings. The van der Waals surface area contributed by atoms with Crippen LogP contribution in [0.15, 0.2) is 0 Å². The van der Waals surface area contributed by atoms with Crippen LogP contribution in [-0.2, 0) is 4.79 Å². The van der Waals surface area contributed by atoms with Gasteiger partial charge in [-0.3, -0.25) is 9.69 Å². The van der Waals surface area contributed by atoms with Crippen LogP contribution >= 0.6 is 0 Å². The lowest BCUT2D eigenvalue weighted by molar-refractivity contribution is -0.153. The van der Waals surface area contributed by atoms with E-state index >= 15 is 0 Å². The minimum absolute atomic E-state index is 0.0931. The molecule has 1 atom stereocenters. The number of alkyl halides is 3. The fourth-order valence-corrected chi connectivity index (χ4v) is 1.99. The van der Waals surface area contributed by atoms with Gasteiger partial charge in [0.15, 0.2) is 0 Å². The molecule has 4 N–H and O–H groups in total. The Labute approximate surface area is 104 Å². The molecule has 0 aliphatic heterocycles. The van der Waals surface area contributed by atoms with Crippen molar-refractivity contribution in [3.63, 3.8) is 0 Å². The van der Waals surface area contributed by atoms with Gasteiger partial charge in [-0.05, 0) is 32.6 Å². The first kappa shape index (κ1) is 15.2. The zero-order valence-electron chi connectivity index (χ0n) is 10.6. The molecule has 1 fully saturated rings. The summed E-state index contributed by atoms with van der Waals surface area (Å²) in [6.07, 6.45) is -2.82. The quantitative estimate of drug-likeness (QED) is 0.749. The zero-order valence-corrected chi connectivity index (χ0v) is 10.6. The molecule has 0 aromatic heterocycles. The van der Waals surface area contributed by atoms with Gasteiger partial charge in [-0.25, -0.2) is 0 Å². The van der Waals surface area contributed by atoms with Gasteiger partial charge in [0.2, 0.25) is 5.91 Å². The SMILES string of the molecule is CC(C)N(CC(F)(F)F)CC(N)(C(N)=O)C1CC1. The van der Waals surface area contributed by atoms with Crippen molar-refractivity contribution in [1.82, 2.24) is 4.90 Å². The first-order chi connectivity index (χ1) is 8.06. The van der Waals surface area contributed by atoms with E-state index in [0.717, 1.165) is 17.7 Å². The van der Waals surface area contributed by atoms with Crippen molar-refractivity contribution >= 4 is 5.91 Å². The van der Waals surface area contributed by atoms with E-state index in [2.05, 4.69) is 0 Å². The monoisotopic (exact) mass is 267 g/mol. The molecular weight excluding hydrogens is 247 g/mol. The van der Waals surface area contributed by atoms with Gasteiger partial charge in [0, 0.05) is 12.6 Å². The maximum Gasteiger partial charge on any atom is 0.401 e. The van der Waals surface area contributed by atoms with Crippen LogP contribution < -0.4 is 11.5 Å². The van der Waals surface area contributed by atoms with Gasteiger partial charge in [0.1, 0.15) is 5.54 Å². The minimum atomic E-state index is -4.31. The van der Waals surface area contributed by atoms with Crippen LogP contribution in [0.5, 0.6) is 0 Å². The third-order valence-electron chi connectivity index (χ3n) is 3.34. The molecule has 1 rings (SSSR count). The molecule has 1 amide bonds. The number of halogens is 3. The minimum Gasteiger partial charge on any atom is -0.368 e. The second kappa shape index (κ2) is 5.05. The first-order valence-electron chi connectivity index (χ1n) is 5.96. The average molecular weight is 267 g/mol. The largest absolute Gasteiger partial charge is 0.401 e. The second-order valence-corrected chi connectivity index (χ2v) is 5.29. The van der Waals surface area contributed by atoms with Gasteiger partial charge in [0.05, 0.1) is 6.54 Å². The lowest BCUT2D eigenvalue weighted by atomic mass is 9.92. The predicted molar refractivity (Wildman–Crippen MR) is 61.6 cm³/mol. The van der Waals surface area contributed by atoms with E-state index in [0.29, 0.717) is 0 Å². The molecule has 106 valence electrons. The Balaban J connectivity index is 2.78. The summed E-state index contributed by atoms with van der Waals surface area (Å²) < 4.78 is 37.4. The van der Waals surface area contributed by atoms with Crippen molar-refractivity contribution in [3.05, 3.63) is 0 Å². The standard InChI is InChI=1S/C11H20F3N3O/c1-7(2)17(6-11(12,13)14)5-10(16,9(15)18)8-3-4-8/h7-8H,3-6,16H2,1-2H3,(H2,15,18). The molecule has 0 heterocycles. The Kier molecular flexibility index (Phi) is 4.27. The van der Waals surface area contributed by atoms with Gasteiger partial charge in [-0.15, -0.1) is 0 Å². The fourth-order valence-electron chi connectivity index (χ4n) is 1.99. The molecule has 0 saturated heterocycles. The van der Waals surface area contributed by atoms with Crippen molar-refractivity contribution in [2.75, 3.05) is 13.1 Å². The van der Waals surface area contributed by atoms with Gasteiger partial charge in [-0.1, -0.05) is 0 Å². The van der Waals surface area contributed by atoms with Crippen LogP contribution in [0.3, 0.4) is 0 Å². The molecule has 1 unspecified atom stereocenters. The molecule has 1 saturated carbocycles. The normalized spacial score (nSPS) is 20.2. The summed E-state index contributed by atoms with van der Waals surface area (Å²) in [6.45, 7) is 2.05. The third kappa shape index (κ3) is 3.84. The van der Waals surface area contributed by atoms with Crippen LogP contribution in [0, 0.1) is 5.92 Å². The van der Waals surface area contributed by atoms with Crippen molar-refractivity contribution in [1.29, 1.82) is 0 Å². The Bertz CT molecular complexity index is 315. The number of primary amides is 1. The van der Waals surface area contributed by atoms with Crippen molar-refractivity contribution in [3.8, 4) is 0 Å². The summed E-state index contributed by atoms with van der Waals surface area (Å²) in [5.74, 6) is -0.817. The number of nitrogens with two attached hydrogens (primary N) is 2. The Hall–Kier alpha value is -0.820. The highest BCUT2D eigenvalue weighted by Crippen LogP contribution is 2.39. The number of hydrogen-bond donors (Lipinski definition) is 2. The maximum absolute atomic E-state index is 12.5. The molecule has 4 nitrogen and oxygen atoms in total. The number of rotatable bonds is 6. The van der Waals surface area contributed by atoms with Crippen LogP contribution in [0.1, 0.15) is 26.7 Å². The van der Waals surface area contributed by atoms with E-state index < -0.39 is 24.2 Å². The van der Waals surface area contributed by atoms with Crippen LogP contribution in [0.2, 0.25) is 0 Å². The summed E-state index contributed by atoms with van der Waals surface area (Å²) >= 11 is 0. The highest BCUT2D eigenvalue weighted by molar-refractivity contribution is 5.85. The van der Waals surface area contributed by atoms with E-state index in [4.69, 9.17) is 11.5 Å². The Morgan fingerprint density at radius 3 is 2.11 bits per heavy atom. The molecule has 0 bridgehead atoms. The molecule has 1 aliphatic carbocycles. The first-order valence-corrected chi connectivity index (χ1v) is 5.96. The van der Waals surface area contributed by atoms with Gasteiger partial charge in [0.25, 0.3) is 0 Å². The van der Waals surface area contributed by atoms with Crippen molar-refractivity contribution in [2.24, 2.45) is 17.4 Å². The van der Waals surface area contributed by atoms with E-state index in [-0.39, 0.29) is 18.5 Å². The second-order valence-electron chi connectivity index (χ2n) is 5.29. The number of carbonyl (C=O) groups excluding carboxylic acids is 1. The summed E-state index contributed by atoms with van der Waals surface area (Å²) in [7, 11) is 0. The highest BCUT2D eigenvalue weighted by Gasteiger charge is 2.49. The van der Waals surface area contributed by atoms with E-state index in [1.165, 1.54) is 0 Å². The van der Waals surface area contributed by atoms with E-state index in [9.17, 15) is 18.0 Å². The topological polar surface area (TPSA) is 72.3 Å². The summed E-state index contributed by atoms with van der Waals surface area (Å²) in [5, 5.41) is 0. The zero-order chi connectivity index (χ0) is 14.1. The third-order valence-corrected chi connectivity index (χ3v) is 3.34. The van der Waals surface area contributed by atoms with Crippen molar-refractivity contribution in [2.45, 2.75) is 44.4 Å². The smallest absolute Gasteiger partial charge is 0.368 e. The maximum atomic E-state index is 12.5. The number of amides is 1. The summed E-state index contributed by atoms with van der Waals surface area (Å²) in [6, 6.07) is -0.354. The number of carbonyl (C=O) groups is 1. The van der Waals surface area contributed by atoms with E-state index in [1.807, 2.05) is 0 Å². The fraction of sp³-hybridized carbons (Fsp3) is 0.909. The summed E-state index contributed by atoms with van der Waals surface area (Å²) in [4.78, 5) is 12.6. The Morgan fingerprint density at radius 2 is 1.83 bits per heavy atom. The predicted octanol–water partition coefficient (Wildman–Crippen LogP) is 0.852. The van der Waals surface area contributed by atoms with E-state index in [1.54, 1.807) is 13.8 Å². The van der Waals surface area contributed by atoms with Crippen molar-refractivity contribution < 1.29 is 18.0 Å². The molecule has 0 spiro atoms. The molecule has 0 aromatic carbocycles. The number of hydrogen-bond acceptors (Lipinski definition) is 3. The molecule has 0 aromatic rings. The average Bonchev–Trinajstić information content (AvgIpc) is 2.96. The molecular formula is C11H20F3N3O. The lowest BCUT2D eigenvalue weighted by Crippen LogP contribution is -2.62. The Morgan fingerprint density at radius 1 is 1.33 bits per heavy atom. The molecule has 18 heavy (non-hydrogen) atoms. The highest BCUT2D eigenvalue weighted by atomic mass is 19.4. The molecule has 0 radical (unpaired) electrons. The lowest BCUT2D eigenvalue weighted by Gasteiger charge is -2.35. The van der Waals surface area contributed by atoms with Crippen LogP contribution in [0.4, 0.5) is 13.2 Å². The van der Waals surface area contributed by atoms with Gasteiger partial charge < -0.3 is 11.5 Å².